The van der Waals surface area contributed by atoms with Gasteiger partial charge in [0.1, 0.15) is 5.69 Å². The molecule has 0 atom stereocenters. The summed E-state index contributed by atoms with van der Waals surface area (Å²) in [5.41, 5.74) is 2.52. The Kier molecular flexibility index (Phi) is 7.59. The maximum absolute atomic E-state index is 12.0. The van der Waals surface area contributed by atoms with E-state index < -0.39 is 23.4 Å². The molecule has 1 N–H and O–H groups in total. The van der Waals surface area contributed by atoms with Gasteiger partial charge >= 0.3 is 5.97 Å². The van der Waals surface area contributed by atoms with Gasteiger partial charge in [0.2, 0.25) is 0 Å². The molecule has 2 aromatic rings. The molecule has 0 unspecified atom stereocenters. The molecule has 0 radical (unpaired) electrons. The molecule has 0 aliphatic rings. The molecule has 0 fully saturated rings. The number of nitro groups is 1. The summed E-state index contributed by atoms with van der Waals surface area (Å²) in [5, 5.41) is 13.5. The molecule has 0 saturated carbocycles. The van der Waals surface area contributed by atoms with Crippen LogP contribution in [-0.2, 0) is 14.3 Å². The van der Waals surface area contributed by atoms with Crippen molar-refractivity contribution in [2.75, 3.05) is 17.7 Å². The van der Waals surface area contributed by atoms with Crippen LogP contribution < -0.4 is 5.32 Å². The highest BCUT2D eigenvalue weighted by molar-refractivity contribution is 9.10. The van der Waals surface area contributed by atoms with Crippen LogP contribution in [0.5, 0.6) is 0 Å². The monoisotopic (exact) mass is 466 g/mol. The molecule has 2 rings (SSSR count). The molecule has 0 saturated heterocycles. The van der Waals surface area contributed by atoms with Crippen LogP contribution in [0.3, 0.4) is 0 Å². The molecule has 0 aliphatic heterocycles. The van der Waals surface area contributed by atoms with Crippen LogP contribution in [0.1, 0.15) is 16.7 Å². The number of para-hydroxylation sites is 1. The Morgan fingerprint density at radius 3 is 2.57 bits per heavy atom. The zero-order valence-electron chi connectivity index (χ0n) is 15.6. The van der Waals surface area contributed by atoms with Crippen LogP contribution in [0.4, 0.5) is 11.4 Å². The fourth-order valence-corrected chi connectivity index (χ4v) is 3.74. The SMILES string of the molecule is Cc1cc(SCC(=O)OCC(=O)Nc2c(C)cccc2[N+](=O)[O-])c(C)cc1Br. The number of nitrogens with zero attached hydrogens (tertiary/aromatic N) is 1. The van der Waals surface area contributed by atoms with Gasteiger partial charge in [-0.2, -0.15) is 0 Å². The molecular weight excluding hydrogens is 448 g/mol. The molecule has 1 amide bonds. The fraction of sp³-hybridized carbons (Fsp3) is 0.263. The number of halogens is 1. The number of hydrogen-bond donors (Lipinski definition) is 1. The highest BCUT2D eigenvalue weighted by atomic mass is 79.9. The summed E-state index contributed by atoms with van der Waals surface area (Å²) in [5.74, 6) is -1.12. The first-order chi connectivity index (χ1) is 13.2. The van der Waals surface area contributed by atoms with E-state index in [4.69, 9.17) is 4.74 Å². The zero-order valence-corrected chi connectivity index (χ0v) is 18.0. The van der Waals surface area contributed by atoms with E-state index in [0.717, 1.165) is 20.5 Å². The van der Waals surface area contributed by atoms with Crippen molar-refractivity contribution in [3.63, 3.8) is 0 Å². The number of anilines is 1. The standard InChI is InChI=1S/C19H19BrN2O5S/c1-11-5-4-6-15(22(25)26)19(11)21-17(23)9-27-18(24)10-28-16-8-12(2)14(20)7-13(16)3/h4-8H,9-10H2,1-3H3,(H,21,23). The van der Waals surface area contributed by atoms with Gasteiger partial charge in [-0.05, 0) is 49.6 Å². The number of rotatable bonds is 7. The maximum Gasteiger partial charge on any atom is 0.316 e. The van der Waals surface area contributed by atoms with Crippen molar-refractivity contribution in [2.45, 2.75) is 25.7 Å². The van der Waals surface area contributed by atoms with Crippen molar-refractivity contribution >= 4 is 50.9 Å². The van der Waals surface area contributed by atoms with Crippen molar-refractivity contribution in [1.29, 1.82) is 0 Å². The van der Waals surface area contributed by atoms with E-state index >= 15 is 0 Å². The van der Waals surface area contributed by atoms with E-state index in [1.54, 1.807) is 13.0 Å². The predicted molar refractivity (Wildman–Crippen MR) is 112 cm³/mol. The number of aryl methyl sites for hydroxylation is 3. The van der Waals surface area contributed by atoms with Gasteiger partial charge < -0.3 is 10.1 Å². The third-order valence-corrected chi connectivity index (χ3v) is 5.86. The van der Waals surface area contributed by atoms with Crippen molar-refractivity contribution in [1.82, 2.24) is 0 Å². The second-order valence-electron chi connectivity index (χ2n) is 6.09. The van der Waals surface area contributed by atoms with Gasteiger partial charge in [0.05, 0.1) is 10.7 Å². The topological polar surface area (TPSA) is 98.5 Å². The molecule has 148 valence electrons. The molecule has 0 spiro atoms. The summed E-state index contributed by atoms with van der Waals surface area (Å²) < 4.78 is 5.98. The lowest BCUT2D eigenvalue weighted by Gasteiger charge is -2.10. The highest BCUT2D eigenvalue weighted by Crippen LogP contribution is 2.29. The minimum atomic E-state index is -0.633. The molecule has 2 aromatic carbocycles. The summed E-state index contributed by atoms with van der Waals surface area (Å²) in [7, 11) is 0. The van der Waals surface area contributed by atoms with Gasteiger partial charge in [0.25, 0.3) is 11.6 Å². The Labute approximate surface area is 175 Å². The fourth-order valence-electron chi connectivity index (χ4n) is 2.38. The molecule has 28 heavy (non-hydrogen) atoms. The van der Waals surface area contributed by atoms with Gasteiger partial charge in [-0.25, -0.2) is 0 Å². The summed E-state index contributed by atoms with van der Waals surface area (Å²) in [6, 6.07) is 8.43. The van der Waals surface area contributed by atoms with E-state index in [1.165, 1.54) is 23.9 Å². The average molecular weight is 467 g/mol. The van der Waals surface area contributed by atoms with Crippen LogP contribution in [0.2, 0.25) is 0 Å². The Balaban J connectivity index is 1.89. The van der Waals surface area contributed by atoms with Crippen LogP contribution >= 0.6 is 27.7 Å². The number of nitro benzene ring substituents is 1. The second-order valence-corrected chi connectivity index (χ2v) is 7.96. The first kappa shape index (κ1) is 21.9. The molecule has 7 nitrogen and oxygen atoms in total. The quantitative estimate of drug-likeness (QED) is 0.278. The van der Waals surface area contributed by atoms with E-state index in [1.807, 2.05) is 26.0 Å². The smallest absolute Gasteiger partial charge is 0.316 e. The molecule has 0 heterocycles. The minimum Gasteiger partial charge on any atom is -0.455 e. The normalized spacial score (nSPS) is 10.4. The molecular formula is C19H19BrN2O5S. The summed E-state index contributed by atoms with van der Waals surface area (Å²) >= 11 is 4.79. The van der Waals surface area contributed by atoms with Gasteiger partial charge in [-0.3, -0.25) is 19.7 Å². The minimum absolute atomic E-state index is 0.0553. The first-order valence-electron chi connectivity index (χ1n) is 8.28. The Morgan fingerprint density at radius 1 is 1.18 bits per heavy atom. The van der Waals surface area contributed by atoms with Crippen molar-refractivity contribution in [3.05, 3.63) is 61.6 Å². The van der Waals surface area contributed by atoms with Gasteiger partial charge in [0.15, 0.2) is 6.61 Å². The van der Waals surface area contributed by atoms with E-state index in [9.17, 15) is 19.7 Å². The summed E-state index contributed by atoms with van der Waals surface area (Å²) in [6.07, 6.45) is 0. The van der Waals surface area contributed by atoms with Gasteiger partial charge in [-0.15, -0.1) is 11.8 Å². The molecule has 0 aromatic heterocycles. The van der Waals surface area contributed by atoms with E-state index in [-0.39, 0.29) is 17.1 Å². The van der Waals surface area contributed by atoms with Gasteiger partial charge in [-0.1, -0.05) is 28.1 Å². The molecule has 9 heteroatoms. The summed E-state index contributed by atoms with van der Waals surface area (Å²) in [6.45, 7) is 5.04. The lowest BCUT2D eigenvalue weighted by molar-refractivity contribution is -0.384. The average Bonchev–Trinajstić information content (AvgIpc) is 2.63. The Hall–Kier alpha value is -2.39. The first-order valence-corrected chi connectivity index (χ1v) is 10.1. The lowest BCUT2D eigenvalue weighted by atomic mass is 10.1. The number of carbonyl (C=O) groups is 2. The number of esters is 1. The number of amides is 1. The third-order valence-electron chi connectivity index (χ3n) is 3.88. The van der Waals surface area contributed by atoms with Crippen LogP contribution in [0, 0.1) is 30.9 Å². The number of hydrogen-bond acceptors (Lipinski definition) is 6. The third kappa shape index (κ3) is 5.80. The van der Waals surface area contributed by atoms with Gasteiger partial charge in [0, 0.05) is 15.4 Å². The molecule has 0 bridgehead atoms. The Bertz CT molecular complexity index is 933. The van der Waals surface area contributed by atoms with Crippen LogP contribution in [0.25, 0.3) is 0 Å². The lowest BCUT2D eigenvalue weighted by Crippen LogP contribution is -2.22. The zero-order chi connectivity index (χ0) is 20.8. The number of ether oxygens (including phenoxy) is 1. The maximum atomic E-state index is 12.0. The largest absolute Gasteiger partial charge is 0.455 e. The highest BCUT2D eigenvalue weighted by Gasteiger charge is 2.18. The predicted octanol–water partition coefficient (Wildman–Crippen LogP) is 4.56. The number of carbonyl (C=O) groups excluding carboxylic acids is 2. The van der Waals surface area contributed by atoms with Crippen molar-refractivity contribution in [2.24, 2.45) is 0 Å². The number of thioether (sulfide) groups is 1. The van der Waals surface area contributed by atoms with Crippen LogP contribution in [0.15, 0.2) is 39.7 Å². The van der Waals surface area contributed by atoms with E-state index in [0.29, 0.717) is 5.56 Å². The second kappa shape index (κ2) is 9.70. The number of benzene rings is 2. The number of nitrogens with one attached hydrogen (secondary N) is 1. The summed E-state index contributed by atoms with van der Waals surface area (Å²) in [4.78, 5) is 35.4. The molecule has 0 aliphatic carbocycles. The van der Waals surface area contributed by atoms with E-state index in [2.05, 4.69) is 21.2 Å². The van der Waals surface area contributed by atoms with Crippen molar-refractivity contribution in [3.8, 4) is 0 Å². The Morgan fingerprint density at radius 2 is 1.89 bits per heavy atom. The van der Waals surface area contributed by atoms with Crippen molar-refractivity contribution < 1.29 is 19.2 Å². The van der Waals surface area contributed by atoms with Crippen LogP contribution in [-0.4, -0.2) is 29.2 Å².